The smallest absolute Gasteiger partial charge is 0.187 e. The molecular weight excluding hydrogens is 809 g/mol. The molecule has 0 atom stereocenters. The van der Waals surface area contributed by atoms with Crippen LogP contribution in [0.25, 0.3) is 38.2 Å². The van der Waals surface area contributed by atoms with Crippen LogP contribution in [-0.4, -0.2) is 0 Å². The molecule has 0 saturated heterocycles. The lowest BCUT2D eigenvalue weighted by molar-refractivity contribution is 0.414. The van der Waals surface area contributed by atoms with Crippen LogP contribution in [0.1, 0.15) is 193 Å². The maximum atomic E-state index is 9.85. The molecule has 0 heterocycles. The van der Waals surface area contributed by atoms with Gasteiger partial charge in [-0.05, 0) is 166 Å². The Balaban J connectivity index is 1.08. The van der Waals surface area contributed by atoms with Gasteiger partial charge in [0.1, 0.15) is 0 Å². The van der Waals surface area contributed by atoms with Gasteiger partial charge < -0.3 is 0 Å². The Bertz CT molecular complexity index is 2880. The first-order valence-corrected chi connectivity index (χ1v) is 25.5. The van der Waals surface area contributed by atoms with Crippen LogP contribution in [0.5, 0.6) is 0 Å². The van der Waals surface area contributed by atoms with Crippen LogP contribution in [0.3, 0.4) is 0 Å². The standard InChI is InChI=1S/C65H64N2/c1-8-14-36-65(37-15-9-2)59-40-47(18-16-45-20-26-51-55-30-24-49(44-66)42-61(55)63(32-10-3,33-11-4)57(51)38-45)21-27-52(59)53-28-22-48(41-60(53)65)19-17-46-23-29-54-56-31-25-50(67-7)43-62(56)64(34-12-5,35-13-6)58(54)39-46/h20-31,38-43H,8-15,32-37H2,1-6H3. The third kappa shape index (κ3) is 7.71. The van der Waals surface area contributed by atoms with Gasteiger partial charge in [-0.1, -0.05) is 165 Å². The van der Waals surface area contributed by atoms with Crippen molar-refractivity contribution in [3.05, 3.63) is 182 Å². The third-order valence-electron chi connectivity index (χ3n) is 15.6. The fourth-order valence-corrected chi connectivity index (χ4v) is 12.9. The van der Waals surface area contributed by atoms with Crippen molar-refractivity contribution in [2.24, 2.45) is 0 Å². The van der Waals surface area contributed by atoms with Gasteiger partial charge in [0.2, 0.25) is 0 Å². The summed E-state index contributed by atoms with van der Waals surface area (Å²) in [5.41, 5.74) is 21.4. The minimum Gasteiger partial charge on any atom is -0.238 e. The highest BCUT2D eigenvalue weighted by Crippen LogP contribution is 2.57. The van der Waals surface area contributed by atoms with E-state index in [2.05, 4.69) is 173 Å². The number of nitrogens with zero attached hydrogens (tertiary/aromatic N) is 2. The molecule has 0 bridgehead atoms. The van der Waals surface area contributed by atoms with Crippen molar-refractivity contribution in [1.29, 1.82) is 5.26 Å². The molecule has 6 aromatic carbocycles. The van der Waals surface area contributed by atoms with Crippen molar-refractivity contribution in [2.45, 2.75) is 148 Å². The van der Waals surface area contributed by atoms with Crippen LogP contribution in [0.4, 0.5) is 5.69 Å². The Labute approximate surface area is 401 Å². The van der Waals surface area contributed by atoms with E-state index in [0.29, 0.717) is 0 Å². The van der Waals surface area contributed by atoms with Gasteiger partial charge in [0.15, 0.2) is 5.69 Å². The Hall–Kier alpha value is -6.58. The number of nitriles is 1. The van der Waals surface area contributed by atoms with Crippen LogP contribution in [0, 0.1) is 41.6 Å². The fourth-order valence-electron chi connectivity index (χ4n) is 12.9. The molecular formula is C65H64N2. The first kappa shape index (κ1) is 45.6. The molecule has 2 heteroatoms. The lowest BCUT2D eigenvalue weighted by Crippen LogP contribution is -2.25. The predicted octanol–water partition coefficient (Wildman–Crippen LogP) is 17.3. The van der Waals surface area contributed by atoms with E-state index in [0.717, 1.165) is 123 Å². The summed E-state index contributed by atoms with van der Waals surface area (Å²) in [6, 6.07) is 42.7. The van der Waals surface area contributed by atoms with Crippen LogP contribution in [-0.2, 0) is 16.2 Å². The largest absolute Gasteiger partial charge is 0.238 e. The minimum absolute atomic E-state index is 0.0970. The van der Waals surface area contributed by atoms with Crippen LogP contribution < -0.4 is 0 Å². The van der Waals surface area contributed by atoms with Crippen molar-refractivity contribution in [2.75, 3.05) is 0 Å². The van der Waals surface area contributed by atoms with E-state index in [9.17, 15) is 5.26 Å². The van der Waals surface area contributed by atoms with Crippen molar-refractivity contribution in [1.82, 2.24) is 0 Å². The van der Waals surface area contributed by atoms with Crippen molar-refractivity contribution in [3.63, 3.8) is 0 Å². The molecule has 0 fully saturated rings. The van der Waals surface area contributed by atoms with Crippen molar-refractivity contribution in [3.8, 4) is 63.1 Å². The second-order valence-electron chi connectivity index (χ2n) is 19.7. The molecule has 0 aliphatic heterocycles. The molecule has 0 amide bonds. The Kier molecular flexibility index (Phi) is 12.9. The molecule has 3 aliphatic carbocycles. The van der Waals surface area contributed by atoms with Gasteiger partial charge in [-0.2, -0.15) is 5.26 Å². The Morgan fingerprint density at radius 3 is 0.955 bits per heavy atom. The average molecular weight is 873 g/mol. The average Bonchev–Trinajstić information content (AvgIpc) is 3.89. The molecule has 9 rings (SSSR count). The topological polar surface area (TPSA) is 28.1 Å². The highest BCUT2D eigenvalue weighted by molar-refractivity contribution is 5.86. The molecule has 2 nitrogen and oxygen atoms in total. The number of benzene rings is 6. The number of rotatable bonds is 14. The highest BCUT2D eigenvalue weighted by Gasteiger charge is 2.45. The molecule has 0 aromatic heterocycles. The lowest BCUT2D eigenvalue weighted by atomic mass is 9.70. The fraction of sp³-hybridized carbons (Fsp3) is 0.354. The van der Waals surface area contributed by atoms with Crippen LogP contribution in [0.15, 0.2) is 109 Å². The number of hydrogen-bond donors (Lipinski definition) is 0. The zero-order valence-corrected chi connectivity index (χ0v) is 40.7. The molecule has 3 aliphatic rings. The van der Waals surface area contributed by atoms with Gasteiger partial charge in [0, 0.05) is 38.5 Å². The summed E-state index contributed by atoms with van der Waals surface area (Å²) >= 11 is 0. The maximum absolute atomic E-state index is 9.85. The molecule has 0 unspecified atom stereocenters. The number of fused-ring (bicyclic) bond motifs is 9. The summed E-state index contributed by atoms with van der Waals surface area (Å²) in [5.74, 6) is 14.6. The van der Waals surface area contributed by atoms with E-state index in [-0.39, 0.29) is 16.2 Å². The molecule has 67 heavy (non-hydrogen) atoms. The SMILES string of the molecule is [C-]#[N+]c1ccc2c(c1)C(CCC)(CCC)c1cc(C#Cc3ccc4c(c3)C(CCCC)(CCCC)c3cc(C#Cc5ccc6c(c5)C(CCC)(CCC)c5cc(C#N)ccc5-6)ccc3-4)ccc1-2. The summed E-state index contributed by atoms with van der Waals surface area (Å²) < 4.78 is 0. The van der Waals surface area contributed by atoms with Gasteiger partial charge >= 0.3 is 0 Å². The van der Waals surface area contributed by atoms with E-state index in [1.807, 2.05) is 12.1 Å². The van der Waals surface area contributed by atoms with Gasteiger partial charge in [0.25, 0.3) is 0 Å². The van der Waals surface area contributed by atoms with E-state index >= 15 is 0 Å². The van der Waals surface area contributed by atoms with Crippen LogP contribution >= 0.6 is 0 Å². The first-order chi connectivity index (χ1) is 32.8. The zero-order chi connectivity index (χ0) is 46.8. The van der Waals surface area contributed by atoms with Gasteiger partial charge in [-0.3, -0.25) is 0 Å². The first-order valence-electron chi connectivity index (χ1n) is 25.5. The van der Waals surface area contributed by atoms with Gasteiger partial charge in [0.05, 0.1) is 18.2 Å². The second-order valence-corrected chi connectivity index (χ2v) is 19.7. The summed E-state index contributed by atoms with van der Waals surface area (Å²) in [6.07, 6.45) is 15.3. The van der Waals surface area contributed by atoms with Crippen molar-refractivity contribution < 1.29 is 0 Å². The van der Waals surface area contributed by atoms with E-state index < -0.39 is 0 Å². The van der Waals surface area contributed by atoms with E-state index in [1.54, 1.807) is 0 Å². The summed E-state index contributed by atoms with van der Waals surface area (Å²) in [6.45, 7) is 21.5. The van der Waals surface area contributed by atoms with Crippen molar-refractivity contribution >= 4 is 5.69 Å². The molecule has 6 aromatic rings. The van der Waals surface area contributed by atoms with E-state index in [4.69, 9.17) is 6.57 Å². The van der Waals surface area contributed by atoms with Gasteiger partial charge in [-0.15, -0.1) is 0 Å². The third-order valence-corrected chi connectivity index (χ3v) is 15.6. The maximum Gasteiger partial charge on any atom is 0.187 e. The molecule has 0 saturated carbocycles. The Morgan fingerprint density at radius 1 is 0.373 bits per heavy atom. The summed E-state index contributed by atoms with van der Waals surface area (Å²) in [4.78, 5) is 3.83. The summed E-state index contributed by atoms with van der Waals surface area (Å²) in [7, 11) is 0. The normalized spacial score (nSPS) is 14.4. The zero-order valence-electron chi connectivity index (χ0n) is 40.7. The Morgan fingerprint density at radius 2 is 0.657 bits per heavy atom. The highest BCUT2D eigenvalue weighted by atomic mass is 14.6. The molecule has 0 spiro atoms. The molecule has 0 N–H and O–H groups in total. The molecule has 334 valence electrons. The minimum atomic E-state index is -0.104. The second kappa shape index (κ2) is 19.0. The van der Waals surface area contributed by atoms with Gasteiger partial charge in [-0.25, -0.2) is 4.85 Å². The quantitative estimate of drug-likeness (QED) is 0.0792. The van der Waals surface area contributed by atoms with Crippen LogP contribution in [0.2, 0.25) is 0 Å². The number of unbranched alkanes of at least 4 members (excludes halogenated alkanes) is 2. The molecule has 0 radical (unpaired) electrons. The lowest BCUT2D eigenvalue weighted by Gasteiger charge is -2.33. The summed E-state index contributed by atoms with van der Waals surface area (Å²) in [5, 5.41) is 9.85. The monoisotopic (exact) mass is 873 g/mol. The van der Waals surface area contributed by atoms with E-state index in [1.165, 1.54) is 66.8 Å². The number of hydrogen-bond acceptors (Lipinski definition) is 1. The predicted molar refractivity (Wildman–Crippen MR) is 280 cm³/mol.